The van der Waals surface area contributed by atoms with Gasteiger partial charge in [0.25, 0.3) is 15.9 Å². The highest BCUT2D eigenvalue weighted by Crippen LogP contribution is 2.30. The fraction of sp³-hybridized carbons (Fsp3) is 0.375. The van der Waals surface area contributed by atoms with E-state index >= 15 is 0 Å². The van der Waals surface area contributed by atoms with Crippen molar-refractivity contribution in [2.75, 3.05) is 48.9 Å². The Kier molecular flexibility index (Phi) is 8.63. The van der Waals surface area contributed by atoms with E-state index in [0.717, 1.165) is 36.1 Å². The molecule has 0 unspecified atom stereocenters. The highest BCUT2D eigenvalue weighted by Gasteiger charge is 2.30. The Balaban J connectivity index is 1.36. The van der Waals surface area contributed by atoms with E-state index in [1.807, 2.05) is 60.0 Å². The number of carbonyl (C=O) groups is 2. The van der Waals surface area contributed by atoms with E-state index in [0.29, 0.717) is 50.5 Å². The molecular weight excluding hydrogens is 536 g/mol. The number of nitrogens with one attached hydrogen (secondary N) is 1. The smallest absolute Gasteiger partial charge is 0.261 e. The molecule has 1 N–H and O–H groups in total. The van der Waals surface area contributed by atoms with Gasteiger partial charge < -0.3 is 14.7 Å². The van der Waals surface area contributed by atoms with Crippen molar-refractivity contribution in [1.82, 2.24) is 9.80 Å². The van der Waals surface area contributed by atoms with Crippen LogP contribution in [0.1, 0.15) is 53.6 Å². The first-order chi connectivity index (χ1) is 19.8. The van der Waals surface area contributed by atoms with Gasteiger partial charge in [-0.25, -0.2) is 8.42 Å². The number of anilines is 2. The molecule has 2 fully saturated rings. The maximum atomic E-state index is 13.7. The van der Waals surface area contributed by atoms with E-state index in [9.17, 15) is 18.0 Å². The first-order valence-electron chi connectivity index (χ1n) is 14.4. The van der Waals surface area contributed by atoms with Gasteiger partial charge in [-0.3, -0.25) is 14.3 Å². The minimum absolute atomic E-state index is 0.0949. The fourth-order valence-corrected chi connectivity index (χ4v) is 6.74. The average molecular weight is 575 g/mol. The molecule has 0 spiro atoms. The van der Waals surface area contributed by atoms with E-state index in [1.54, 1.807) is 36.4 Å². The van der Waals surface area contributed by atoms with Crippen LogP contribution < -0.4 is 9.62 Å². The van der Waals surface area contributed by atoms with Gasteiger partial charge in [-0.2, -0.15) is 0 Å². The summed E-state index contributed by atoms with van der Waals surface area (Å²) in [6, 6.07) is 21.8. The van der Waals surface area contributed by atoms with Crippen molar-refractivity contribution in [3.05, 3.63) is 89.5 Å². The number of carbonyl (C=O) groups excluding carboxylic acids is 2. The van der Waals surface area contributed by atoms with Crippen molar-refractivity contribution < 1.29 is 18.0 Å². The summed E-state index contributed by atoms with van der Waals surface area (Å²) in [6.45, 7) is 7.62. The van der Waals surface area contributed by atoms with Gasteiger partial charge in [0.1, 0.15) is 0 Å². The maximum absolute atomic E-state index is 13.7. The predicted octanol–water partition coefficient (Wildman–Crippen LogP) is 4.87. The number of likely N-dealkylation sites (tertiary alicyclic amines) is 1. The van der Waals surface area contributed by atoms with Gasteiger partial charge in [-0.15, -0.1) is 0 Å². The van der Waals surface area contributed by atoms with Crippen LogP contribution in [-0.2, 0) is 14.8 Å². The third-order valence-corrected chi connectivity index (χ3v) is 9.44. The van der Waals surface area contributed by atoms with Gasteiger partial charge in [0.2, 0.25) is 5.91 Å². The fourth-order valence-electron chi connectivity index (χ4n) is 5.70. The second-order valence-electron chi connectivity index (χ2n) is 10.8. The molecule has 8 nitrogen and oxygen atoms in total. The lowest BCUT2D eigenvalue weighted by Gasteiger charge is -2.38. The van der Waals surface area contributed by atoms with Gasteiger partial charge in [0.05, 0.1) is 16.4 Å². The van der Waals surface area contributed by atoms with Crippen LogP contribution in [0.4, 0.5) is 11.4 Å². The molecule has 2 heterocycles. The zero-order chi connectivity index (χ0) is 29.0. The molecule has 0 radical (unpaired) electrons. The van der Waals surface area contributed by atoms with Crippen LogP contribution in [0.15, 0.2) is 77.7 Å². The van der Waals surface area contributed by atoms with E-state index in [4.69, 9.17) is 0 Å². The summed E-state index contributed by atoms with van der Waals surface area (Å²) < 4.78 is 28.8. The first-order valence-corrected chi connectivity index (χ1v) is 15.9. The zero-order valence-electron chi connectivity index (χ0n) is 23.8. The lowest BCUT2D eigenvalue weighted by molar-refractivity contribution is -0.133. The van der Waals surface area contributed by atoms with Crippen molar-refractivity contribution in [2.45, 2.75) is 43.9 Å². The SMILES string of the molecule is CC[C@@H](C(=O)N1CCN(c2ccc(NS(=O)(=O)c3ccc(C)cc3)cc2C(=O)N2CCCC2)CC1)c1ccccc1. The minimum atomic E-state index is -3.81. The molecule has 1 atom stereocenters. The number of amides is 2. The Labute approximate surface area is 243 Å². The molecule has 5 rings (SSSR count). The molecular formula is C32H38N4O4S. The Bertz CT molecular complexity index is 1480. The number of sulfonamides is 1. The van der Waals surface area contributed by atoms with E-state index in [-0.39, 0.29) is 22.6 Å². The molecule has 216 valence electrons. The summed E-state index contributed by atoms with van der Waals surface area (Å²) in [5.41, 5.74) is 3.59. The minimum Gasteiger partial charge on any atom is -0.367 e. The zero-order valence-corrected chi connectivity index (χ0v) is 24.6. The number of piperazine rings is 1. The number of aryl methyl sites for hydroxylation is 1. The molecule has 41 heavy (non-hydrogen) atoms. The molecule has 3 aromatic carbocycles. The van der Waals surface area contributed by atoms with Crippen molar-refractivity contribution >= 4 is 33.2 Å². The summed E-state index contributed by atoms with van der Waals surface area (Å²) in [4.78, 5) is 33.1. The number of benzene rings is 3. The maximum Gasteiger partial charge on any atom is 0.261 e. The topological polar surface area (TPSA) is 90.0 Å². The molecule has 0 bridgehead atoms. The van der Waals surface area contributed by atoms with Crippen molar-refractivity contribution in [3.8, 4) is 0 Å². The molecule has 0 aliphatic carbocycles. The normalized spacial score (nSPS) is 16.5. The Morgan fingerprint density at radius 2 is 1.49 bits per heavy atom. The summed E-state index contributed by atoms with van der Waals surface area (Å²) in [5.74, 6) is -0.133. The molecule has 0 saturated carbocycles. The van der Waals surface area contributed by atoms with Crippen LogP contribution in [0.25, 0.3) is 0 Å². The van der Waals surface area contributed by atoms with Gasteiger partial charge in [-0.1, -0.05) is 55.0 Å². The Morgan fingerprint density at radius 1 is 0.829 bits per heavy atom. The number of nitrogens with zero attached hydrogens (tertiary/aromatic N) is 3. The number of rotatable bonds is 8. The third-order valence-electron chi connectivity index (χ3n) is 8.04. The average Bonchev–Trinajstić information content (AvgIpc) is 3.53. The van der Waals surface area contributed by atoms with Crippen LogP contribution in [0, 0.1) is 6.92 Å². The summed E-state index contributed by atoms with van der Waals surface area (Å²) >= 11 is 0. The molecule has 9 heteroatoms. The van der Waals surface area contributed by atoms with E-state index in [2.05, 4.69) is 9.62 Å². The van der Waals surface area contributed by atoms with Crippen LogP contribution in [0.2, 0.25) is 0 Å². The highest BCUT2D eigenvalue weighted by molar-refractivity contribution is 7.92. The molecule has 2 aliphatic rings. The van der Waals surface area contributed by atoms with Crippen LogP contribution in [-0.4, -0.2) is 69.3 Å². The summed E-state index contributed by atoms with van der Waals surface area (Å²) in [6.07, 6.45) is 2.65. The number of hydrogen-bond donors (Lipinski definition) is 1. The molecule has 2 aliphatic heterocycles. The highest BCUT2D eigenvalue weighted by atomic mass is 32.2. The summed E-state index contributed by atoms with van der Waals surface area (Å²) in [5, 5.41) is 0. The van der Waals surface area contributed by atoms with E-state index in [1.165, 1.54) is 0 Å². The predicted molar refractivity (Wildman–Crippen MR) is 162 cm³/mol. The summed E-state index contributed by atoms with van der Waals surface area (Å²) in [7, 11) is -3.81. The van der Waals surface area contributed by atoms with Crippen LogP contribution in [0.5, 0.6) is 0 Å². The monoisotopic (exact) mass is 574 g/mol. The molecule has 2 saturated heterocycles. The lowest BCUT2D eigenvalue weighted by Crippen LogP contribution is -2.50. The van der Waals surface area contributed by atoms with Crippen molar-refractivity contribution in [1.29, 1.82) is 0 Å². The molecule has 0 aromatic heterocycles. The number of hydrogen-bond acceptors (Lipinski definition) is 5. The molecule has 3 aromatic rings. The van der Waals surface area contributed by atoms with Crippen molar-refractivity contribution in [3.63, 3.8) is 0 Å². The second kappa shape index (κ2) is 12.3. The van der Waals surface area contributed by atoms with Gasteiger partial charge >= 0.3 is 0 Å². The van der Waals surface area contributed by atoms with E-state index < -0.39 is 10.0 Å². The Morgan fingerprint density at radius 3 is 2.12 bits per heavy atom. The van der Waals surface area contributed by atoms with Crippen molar-refractivity contribution in [2.24, 2.45) is 0 Å². The largest absolute Gasteiger partial charge is 0.367 e. The standard InChI is InChI=1S/C32H38N4O4S/c1-3-28(25-9-5-4-6-10-25)31(37)36-21-19-34(20-22-36)30-16-13-26(23-29(30)32(38)35-17-7-8-18-35)33-41(39,40)27-14-11-24(2)12-15-27/h4-6,9-16,23,28,33H,3,7-8,17-22H2,1-2H3/t28-/m1/s1. The first kappa shape index (κ1) is 28.7. The molecule has 2 amide bonds. The van der Waals surface area contributed by atoms with Gasteiger partial charge in [-0.05, 0) is 62.1 Å². The second-order valence-corrected chi connectivity index (χ2v) is 12.5. The lowest BCUT2D eigenvalue weighted by atomic mass is 9.94. The van der Waals surface area contributed by atoms with Gasteiger partial charge in [0, 0.05) is 50.6 Å². The quantitative estimate of drug-likeness (QED) is 0.415. The van der Waals surface area contributed by atoms with Crippen LogP contribution in [0.3, 0.4) is 0 Å². The van der Waals surface area contributed by atoms with Crippen LogP contribution >= 0.6 is 0 Å². The Hall–Kier alpha value is -3.85. The third kappa shape index (κ3) is 6.40. The van der Waals surface area contributed by atoms with Gasteiger partial charge in [0.15, 0.2) is 0 Å².